The summed E-state index contributed by atoms with van der Waals surface area (Å²) in [6, 6.07) is 6.25. The number of aromatic hydroxyl groups is 1. The molecule has 6 aliphatic rings. The lowest BCUT2D eigenvalue weighted by molar-refractivity contribution is 0.107. The van der Waals surface area contributed by atoms with Crippen LogP contribution >= 0.6 is 0 Å². The molecule has 4 bridgehead atoms. The van der Waals surface area contributed by atoms with Gasteiger partial charge in [0.25, 0.3) is 0 Å². The quantitative estimate of drug-likeness (QED) is 0.297. The third-order valence-corrected chi connectivity index (χ3v) is 11.8. The molecule has 0 amide bonds. The molecule has 7 atom stereocenters. The summed E-state index contributed by atoms with van der Waals surface area (Å²) in [4.78, 5) is 19.2. The first kappa shape index (κ1) is 27.9. The molecular formula is C36H33F3N6O2. The van der Waals surface area contributed by atoms with Crippen LogP contribution in [-0.4, -0.2) is 81.0 Å². The first-order valence-electron chi connectivity index (χ1n) is 16.7. The lowest BCUT2D eigenvalue weighted by Gasteiger charge is -2.44. The lowest BCUT2D eigenvalue weighted by atomic mass is 9.81. The number of hydrogen-bond donors (Lipinski definition) is 2. The van der Waals surface area contributed by atoms with E-state index in [1.165, 1.54) is 18.2 Å². The number of nitrogens with zero attached hydrogens (tertiary/aromatic N) is 5. The van der Waals surface area contributed by atoms with Gasteiger partial charge >= 0.3 is 6.01 Å². The van der Waals surface area contributed by atoms with Crippen LogP contribution in [0.25, 0.3) is 32.9 Å². The Morgan fingerprint density at radius 2 is 2.02 bits per heavy atom. The second-order valence-corrected chi connectivity index (χ2v) is 14.4. The minimum atomic E-state index is -0.910. The number of benzene rings is 2. The molecule has 8 heterocycles. The summed E-state index contributed by atoms with van der Waals surface area (Å²) in [6.45, 7) is 4.25. The van der Waals surface area contributed by atoms with Crippen LogP contribution in [-0.2, 0) is 0 Å². The van der Waals surface area contributed by atoms with E-state index >= 15 is 8.78 Å². The van der Waals surface area contributed by atoms with Gasteiger partial charge in [-0.25, -0.2) is 18.2 Å². The summed E-state index contributed by atoms with van der Waals surface area (Å²) in [5.74, 6) is 5.24. The molecule has 4 saturated heterocycles. The summed E-state index contributed by atoms with van der Waals surface area (Å²) >= 11 is 0. The molecule has 0 spiro atoms. The molecule has 2 N–H and O–H groups in total. The highest BCUT2D eigenvalue weighted by Gasteiger charge is 2.51. The number of alkyl halides is 1. The summed E-state index contributed by atoms with van der Waals surface area (Å²) in [5.41, 5.74) is 0.546. The fourth-order valence-electron chi connectivity index (χ4n) is 9.73. The van der Waals surface area contributed by atoms with Crippen LogP contribution in [0, 0.1) is 29.4 Å². The van der Waals surface area contributed by atoms with Gasteiger partial charge < -0.3 is 20.1 Å². The van der Waals surface area contributed by atoms with Gasteiger partial charge in [-0.1, -0.05) is 24.8 Å². The average Bonchev–Trinajstić information content (AvgIpc) is 3.71. The second kappa shape index (κ2) is 9.70. The standard InChI is InChI=1S/C36H33F3N6O2/c1-17-22-5-6-23-25(38)7-3-18-11-21(46)12-24(27(18)23)31-29(39)32-28(30(22)41-31)34(45-15-20-4-8-26(40-20)33(17)45)43-35(42-32)47-16-36-9-2-10-44(36)14-19(37)13-36/h3,7,11-12,17,19-20,22,26,33,40,46H,2,4,8-10,13-16H2,1H3/t17-,19+,20+,22+,26-,33-,36-/m0/s1. The molecule has 6 aliphatic heterocycles. The number of nitrogens with one attached hydrogen (secondary N) is 1. The van der Waals surface area contributed by atoms with E-state index in [0.29, 0.717) is 47.2 Å². The Labute approximate surface area is 269 Å². The smallest absolute Gasteiger partial charge is 0.319 e. The molecule has 0 radical (unpaired) electrons. The molecule has 11 heteroatoms. The molecule has 4 fully saturated rings. The summed E-state index contributed by atoms with van der Waals surface area (Å²) in [6.07, 6.45) is 3.28. The Kier molecular flexibility index (Phi) is 5.77. The van der Waals surface area contributed by atoms with Gasteiger partial charge in [-0.15, -0.1) is 0 Å². The first-order valence-corrected chi connectivity index (χ1v) is 16.7. The highest BCUT2D eigenvalue weighted by molar-refractivity contribution is 6.04. The summed E-state index contributed by atoms with van der Waals surface area (Å²) in [5, 5.41) is 15.9. The van der Waals surface area contributed by atoms with E-state index in [1.807, 2.05) is 0 Å². The zero-order chi connectivity index (χ0) is 31.8. The maximum atomic E-state index is 17.2. The number of pyridine rings is 1. The maximum absolute atomic E-state index is 17.2. The van der Waals surface area contributed by atoms with Crippen molar-refractivity contribution >= 4 is 27.5 Å². The van der Waals surface area contributed by atoms with Gasteiger partial charge in [-0.2, -0.15) is 9.97 Å². The van der Waals surface area contributed by atoms with Gasteiger partial charge in [-0.3, -0.25) is 4.90 Å². The molecule has 0 saturated carbocycles. The molecule has 10 rings (SSSR count). The molecule has 2 aromatic heterocycles. The SMILES string of the molecule is C[C@@H]1[C@H]2[C@@H]3CC[C@H](CN2c2nc(OC[C@@]45CCCN4C[C@H](F)C5)nc4c(F)c5nc(c24)[C@@H]1C#Cc1c(F)ccc2cc(O)cc-5c12)N3. The topological polar surface area (TPSA) is 86.6 Å². The van der Waals surface area contributed by atoms with Crippen molar-refractivity contribution in [2.24, 2.45) is 5.92 Å². The minimum Gasteiger partial charge on any atom is -0.508 e. The number of phenols is 1. The molecule has 47 heavy (non-hydrogen) atoms. The molecule has 0 unspecified atom stereocenters. The van der Waals surface area contributed by atoms with E-state index in [0.717, 1.165) is 32.2 Å². The number of aromatic nitrogens is 3. The Morgan fingerprint density at radius 1 is 1.13 bits per heavy atom. The van der Waals surface area contributed by atoms with Crippen LogP contribution in [0.5, 0.6) is 11.8 Å². The molecule has 240 valence electrons. The van der Waals surface area contributed by atoms with Gasteiger partial charge in [-0.05, 0) is 61.7 Å². The number of anilines is 1. The van der Waals surface area contributed by atoms with Gasteiger partial charge in [0, 0.05) is 48.6 Å². The van der Waals surface area contributed by atoms with E-state index < -0.39 is 29.3 Å². The lowest BCUT2D eigenvalue weighted by Crippen LogP contribution is -2.60. The van der Waals surface area contributed by atoms with Gasteiger partial charge in [0.15, 0.2) is 5.82 Å². The number of fused-ring (bicyclic) bond motifs is 8. The fraction of sp³-hybridized carbons (Fsp3) is 0.472. The monoisotopic (exact) mass is 638 g/mol. The highest BCUT2D eigenvalue weighted by atomic mass is 19.1. The Hall–Kier alpha value is -4.14. The Morgan fingerprint density at radius 3 is 2.91 bits per heavy atom. The van der Waals surface area contributed by atoms with Crippen molar-refractivity contribution in [1.82, 2.24) is 25.2 Å². The number of phenolic OH excluding ortho intramolecular Hbond substituents is 1. The average molecular weight is 639 g/mol. The van der Waals surface area contributed by atoms with Gasteiger partial charge in [0.2, 0.25) is 0 Å². The Balaban J connectivity index is 1.24. The number of ether oxygens (including phenoxy) is 1. The predicted octanol–water partition coefficient (Wildman–Crippen LogP) is 5.19. The van der Waals surface area contributed by atoms with Crippen molar-refractivity contribution in [2.45, 2.75) is 74.8 Å². The number of rotatable bonds is 3. The minimum absolute atomic E-state index is 0.0327. The van der Waals surface area contributed by atoms with Crippen LogP contribution in [0.2, 0.25) is 0 Å². The number of piperazine rings is 1. The zero-order valence-electron chi connectivity index (χ0n) is 25.9. The van der Waals surface area contributed by atoms with Crippen molar-refractivity contribution in [3.05, 3.63) is 47.2 Å². The van der Waals surface area contributed by atoms with Crippen molar-refractivity contribution in [3.8, 4) is 34.9 Å². The zero-order valence-corrected chi connectivity index (χ0v) is 25.9. The second-order valence-electron chi connectivity index (χ2n) is 14.4. The van der Waals surface area contributed by atoms with Crippen LogP contribution in [0.4, 0.5) is 19.0 Å². The largest absolute Gasteiger partial charge is 0.508 e. The van der Waals surface area contributed by atoms with E-state index in [-0.39, 0.29) is 64.7 Å². The molecule has 4 aromatic rings. The third-order valence-electron chi connectivity index (χ3n) is 11.8. The molecule has 2 aromatic carbocycles. The van der Waals surface area contributed by atoms with Crippen molar-refractivity contribution < 1.29 is 23.0 Å². The van der Waals surface area contributed by atoms with E-state index in [4.69, 9.17) is 19.7 Å². The van der Waals surface area contributed by atoms with Crippen molar-refractivity contribution in [1.29, 1.82) is 0 Å². The molecule has 8 nitrogen and oxygen atoms in total. The van der Waals surface area contributed by atoms with Crippen molar-refractivity contribution in [3.63, 3.8) is 0 Å². The van der Waals surface area contributed by atoms with Gasteiger partial charge in [0.05, 0.1) is 28.1 Å². The van der Waals surface area contributed by atoms with Crippen LogP contribution in [0.3, 0.4) is 0 Å². The predicted molar refractivity (Wildman–Crippen MR) is 170 cm³/mol. The summed E-state index contributed by atoms with van der Waals surface area (Å²) in [7, 11) is 0. The van der Waals surface area contributed by atoms with Gasteiger partial charge in [0.1, 0.15) is 41.4 Å². The molecule has 0 aliphatic carbocycles. The maximum Gasteiger partial charge on any atom is 0.319 e. The summed E-state index contributed by atoms with van der Waals surface area (Å²) < 4.78 is 53.7. The van der Waals surface area contributed by atoms with Crippen LogP contribution in [0.1, 0.15) is 56.2 Å². The van der Waals surface area contributed by atoms with Crippen LogP contribution in [0.15, 0.2) is 24.3 Å². The fourth-order valence-corrected chi connectivity index (χ4v) is 9.73. The Bertz CT molecular complexity index is 2100. The van der Waals surface area contributed by atoms with E-state index in [1.54, 1.807) is 6.07 Å². The first-order chi connectivity index (χ1) is 22.8. The van der Waals surface area contributed by atoms with E-state index in [9.17, 15) is 9.50 Å². The highest BCUT2D eigenvalue weighted by Crippen LogP contribution is 2.49. The van der Waals surface area contributed by atoms with E-state index in [2.05, 4.69) is 33.9 Å². The third kappa shape index (κ3) is 3.88. The van der Waals surface area contributed by atoms with Crippen molar-refractivity contribution in [2.75, 3.05) is 31.1 Å². The normalized spacial score (nSPS) is 31.6. The number of halogens is 3. The molecular weight excluding hydrogens is 605 g/mol. The number of hydrogen-bond acceptors (Lipinski definition) is 8. The van der Waals surface area contributed by atoms with Crippen LogP contribution < -0.4 is 15.0 Å².